The number of hydrazone groups is 1. The molecule has 3 aromatic carbocycles. The van der Waals surface area contributed by atoms with Crippen LogP contribution in [-0.4, -0.2) is 19.2 Å². The van der Waals surface area contributed by atoms with Crippen LogP contribution in [0.5, 0.6) is 11.5 Å². The first-order valence-corrected chi connectivity index (χ1v) is 10.1. The van der Waals surface area contributed by atoms with Gasteiger partial charge in [0.2, 0.25) is 0 Å². The van der Waals surface area contributed by atoms with Gasteiger partial charge in [0.25, 0.3) is 5.91 Å². The molecular weight excluding hydrogens is 470 g/mol. The van der Waals surface area contributed by atoms with Crippen LogP contribution in [0.25, 0.3) is 0 Å². The minimum atomic E-state index is -0.393. The molecular formula is C22H19BrClN3O3. The van der Waals surface area contributed by atoms with Crippen LogP contribution in [-0.2, 0) is 6.61 Å². The topological polar surface area (TPSA) is 85.9 Å². The number of nitrogens with zero attached hydrogens (tertiary/aromatic N) is 1. The molecule has 0 heterocycles. The average Bonchev–Trinajstić information content (AvgIpc) is 2.74. The number of benzene rings is 3. The monoisotopic (exact) mass is 487 g/mol. The molecule has 0 aromatic heterocycles. The average molecular weight is 489 g/mol. The minimum Gasteiger partial charge on any atom is -0.493 e. The summed E-state index contributed by atoms with van der Waals surface area (Å²) in [5.41, 5.74) is 10.6. The van der Waals surface area contributed by atoms with E-state index in [0.29, 0.717) is 37.8 Å². The van der Waals surface area contributed by atoms with Gasteiger partial charge in [0, 0.05) is 16.3 Å². The lowest BCUT2D eigenvalue weighted by atomic mass is 10.2. The number of anilines is 1. The van der Waals surface area contributed by atoms with Gasteiger partial charge < -0.3 is 15.2 Å². The predicted molar refractivity (Wildman–Crippen MR) is 122 cm³/mol. The van der Waals surface area contributed by atoms with E-state index >= 15 is 0 Å². The lowest BCUT2D eigenvalue weighted by molar-refractivity contribution is 0.0956. The number of para-hydroxylation sites is 1. The maximum atomic E-state index is 12.2. The molecule has 0 atom stereocenters. The van der Waals surface area contributed by atoms with Gasteiger partial charge in [-0.2, -0.15) is 5.10 Å². The SMILES string of the molecule is COc1cc(/C=N\NC(=O)c2ccccc2N)cc(Br)c1OCc1ccccc1Cl. The van der Waals surface area contributed by atoms with E-state index in [1.165, 1.54) is 6.21 Å². The van der Waals surface area contributed by atoms with E-state index in [0.717, 1.165) is 5.56 Å². The van der Waals surface area contributed by atoms with E-state index in [-0.39, 0.29) is 6.61 Å². The predicted octanol–water partition coefficient (Wildman–Crippen LogP) is 5.04. The first kappa shape index (κ1) is 21.7. The van der Waals surface area contributed by atoms with Gasteiger partial charge in [-0.25, -0.2) is 5.43 Å². The molecule has 0 unspecified atom stereocenters. The van der Waals surface area contributed by atoms with Crippen molar-refractivity contribution in [2.75, 3.05) is 12.8 Å². The van der Waals surface area contributed by atoms with Crippen LogP contribution in [0.1, 0.15) is 21.5 Å². The zero-order valence-corrected chi connectivity index (χ0v) is 18.4. The highest BCUT2D eigenvalue weighted by molar-refractivity contribution is 9.10. The Kier molecular flexibility index (Phi) is 7.32. The van der Waals surface area contributed by atoms with Crippen molar-refractivity contribution in [2.24, 2.45) is 5.10 Å². The number of nitrogens with one attached hydrogen (secondary N) is 1. The second-order valence-electron chi connectivity index (χ2n) is 6.20. The molecule has 6 nitrogen and oxygen atoms in total. The Hall–Kier alpha value is -3.03. The Morgan fingerprint density at radius 1 is 1.20 bits per heavy atom. The summed E-state index contributed by atoms with van der Waals surface area (Å²) in [7, 11) is 1.55. The van der Waals surface area contributed by atoms with Crippen molar-refractivity contribution in [1.29, 1.82) is 0 Å². The van der Waals surface area contributed by atoms with Crippen LogP contribution in [0.4, 0.5) is 5.69 Å². The van der Waals surface area contributed by atoms with Crippen LogP contribution in [0.15, 0.2) is 70.2 Å². The number of nitrogen functional groups attached to an aromatic ring is 1. The lowest BCUT2D eigenvalue weighted by Gasteiger charge is -2.14. The van der Waals surface area contributed by atoms with Crippen LogP contribution in [0, 0.1) is 0 Å². The molecule has 0 aliphatic rings. The van der Waals surface area contributed by atoms with Crippen molar-refractivity contribution >= 4 is 45.3 Å². The van der Waals surface area contributed by atoms with E-state index in [1.54, 1.807) is 43.5 Å². The van der Waals surface area contributed by atoms with E-state index in [9.17, 15) is 4.79 Å². The van der Waals surface area contributed by atoms with E-state index in [1.807, 2.05) is 24.3 Å². The number of carbonyl (C=O) groups is 1. The van der Waals surface area contributed by atoms with Crippen molar-refractivity contribution < 1.29 is 14.3 Å². The third kappa shape index (κ3) is 5.31. The van der Waals surface area contributed by atoms with Crippen molar-refractivity contribution in [3.63, 3.8) is 0 Å². The first-order valence-electron chi connectivity index (χ1n) is 8.91. The number of hydrogen-bond donors (Lipinski definition) is 2. The van der Waals surface area contributed by atoms with Crippen LogP contribution in [0.3, 0.4) is 0 Å². The second-order valence-corrected chi connectivity index (χ2v) is 7.46. The molecule has 0 saturated carbocycles. The highest BCUT2D eigenvalue weighted by atomic mass is 79.9. The third-order valence-electron chi connectivity index (χ3n) is 4.17. The van der Waals surface area contributed by atoms with E-state index in [4.69, 9.17) is 26.8 Å². The van der Waals surface area contributed by atoms with Gasteiger partial charge in [0.1, 0.15) is 6.61 Å². The number of hydrogen-bond acceptors (Lipinski definition) is 5. The molecule has 0 radical (unpaired) electrons. The maximum absolute atomic E-state index is 12.2. The summed E-state index contributed by atoms with van der Waals surface area (Å²) < 4.78 is 12.0. The lowest BCUT2D eigenvalue weighted by Crippen LogP contribution is -2.19. The molecule has 3 aromatic rings. The molecule has 30 heavy (non-hydrogen) atoms. The zero-order valence-electron chi connectivity index (χ0n) is 16.1. The van der Waals surface area contributed by atoms with Gasteiger partial charge >= 0.3 is 0 Å². The third-order valence-corrected chi connectivity index (χ3v) is 5.12. The fourth-order valence-corrected chi connectivity index (χ4v) is 3.41. The number of amides is 1. The number of halogens is 2. The van der Waals surface area contributed by atoms with Crippen molar-refractivity contribution in [2.45, 2.75) is 6.61 Å². The quantitative estimate of drug-likeness (QED) is 0.277. The normalized spacial score (nSPS) is 10.8. The number of ether oxygens (including phenoxy) is 2. The molecule has 3 rings (SSSR count). The molecule has 0 saturated heterocycles. The summed E-state index contributed by atoms with van der Waals surface area (Å²) in [6.45, 7) is 0.288. The molecule has 0 aliphatic carbocycles. The zero-order chi connectivity index (χ0) is 21.5. The van der Waals surface area contributed by atoms with Gasteiger partial charge in [0.15, 0.2) is 11.5 Å². The Labute approximate surface area is 187 Å². The van der Waals surface area contributed by atoms with Gasteiger partial charge in [-0.3, -0.25) is 4.79 Å². The number of nitrogens with two attached hydrogens (primary N) is 1. The van der Waals surface area contributed by atoms with Gasteiger partial charge in [0.05, 0.1) is 23.4 Å². The van der Waals surface area contributed by atoms with Crippen LogP contribution in [0.2, 0.25) is 5.02 Å². The molecule has 3 N–H and O–H groups in total. The summed E-state index contributed by atoms with van der Waals surface area (Å²) in [5.74, 6) is 0.655. The summed E-state index contributed by atoms with van der Waals surface area (Å²) in [6.07, 6.45) is 1.50. The summed E-state index contributed by atoms with van der Waals surface area (Å²) in [6, 6.07) is 17.8. The van der Waals surface area contributed by atoms with E-state index in [2.05, 4.69) is 26.5 Å². The van der Waals surface area contributed by atoms with Gasteiger partial charge in [-0.15, -0.1) is 0 Å². The van der Waals surface area contributed by atoms with Crippen LogP contribution >= 0.6 is 27.5 Å². The number of rotatable bonds is 7. The Bertz CT molecular complexity index is 1090. The summed E-state index contributed by atoms with van der Waals surface area (Å²) in [5, 5.41) is 4.63. The largest absolute Gasteiger partial charge is 0.493 e. The minimum absolute atomic E-state index is 0.288. The molecule has 0 bridgehead atoms. The van der Waals surface area contributed by atoms with Crippen molar-refractivity contribution in [3.8, 4) is 11.5 Å². The van der Waals surface area contributed by atoms with E-state index < -0.39 is 5.91 Å². The number of carbonyl (C=O) groups excluding carboxylic acids is 1. The molecule has 0 spiro atoms. The fraction of sp³-hybridized carbons (Fsp3) is 0.0909. The molecule has 1 amide bonds. The van der Waals surface area contributed by atoms with Crippen LogP contribution < -0.4 is 20.6 Å². The van der Waals surface area contributed by atoms with Gasteiger partial charge in [-0.05, 0) is 51.8 Å². The number of methoxy groups -OCH3 is 1. The molecule has 0 aliphatic heterocycles. The molecule has 0 fully saturated rings. The van der Waals surface area contributed by atoms with Crippen molar-refractivity contribution in [3.05, 3.63) is 86.8 Å². The summed E-state index contributed by atoms with van der Waals surface area (Å²) in [4.78, 5) is 12.2. The highest BCUT2D eigenvalue weighted by Gasteiger charge is 2.13. The smallest absolute Gasteiger partial charge is 0.273 e. The highest BCUT2D eigenvalue weighted by Crippen LogP contribution is 2.37. The maximum Gasteiger partial charge on any atom is 0.273 e. The van der Waals surface area contributed by atoms with Crippen molar-refractivity contribution in [1.82, 2.24) is 5.43 Å². The van der Waals surface area contributed by atoms with Gasteiger partial charge in [-0.1, -0.05) is 41.9 Å². The standard InChI is InChI=1S/C22H19BrClN3O3/c1-29-20-11-14(12-26-27-22(28)16-7-3-5-9-19(16)25)10-17(23)21(20)30-13-15-6-2-4-8-18(15)24/h2-12H,13,25H2,1H3,(H,27,28)/b26-12-. The fourth-order valence-electron chi connectivity index (χ4n) is 2.65. The molecule has 154 valence electrons. The first-order chi connectivity index (χ1) is 14.5. The molecule has 8 heteroatoms. The Morgan fingerprint density at radius 2 is 1.93 bits per heavy atom. The summed E-state index contributed by atoms with van der Waals surface area (Å²) >= 11 is 9.68. The second kappa shape index (κ2) is 10.1. The Balaban J connectivity index is 1.72. The Morgan fingerprint density at radius 3 is 2.67 bits per heavy atom.